The number of nitriles is 1. The van der Waals surface area contributed by atoms with E-state index in [1.165, 1.54) is 0 Å². The highest BCUT2D eigenvalue weighted by molar-refractivity contribution is 5.94. The van der Waals surface area contributed by atoms with Gasteiger partial charge in [-0.25, -0.2) is 0 Å². The van der Waals surface area contributed by atoms with Crippen LogP contribution in [0.15, 0.2) is 59.2 Å². The van der Waals surface area contributed by atoms with Gasteiger partial charge >= 0.3 is 0 Å². The molecule has 2 aromatic carbocycles. The largest absolute Gasteiger partial charge is 0.463 e. The summed E-state index contributed by atoms with van der Waals surface area (Å²) in [5.41, 5.74) is 1.65. The van der Waals surface area contributed by atoms with Gasteiger partial charge < -0.3 is 4.42 Å². The topological polar surface area (TPSA) is 36.9 Å². The molecule has 1 heterocycles. The second-order valence-corrected chi connectivity index (χ2v) is 3.84. The van der Waals surface area contributed by atoms with Gasteiger partial charge in [-0.15, -0.1) is 0 Å². The zero-order chi connectivity index (χ0) is 11.7. The van der Waals surface area contributed by atoms with E-state index in [4.69, 9.17) is 9.68 Å². The first-order chi connectivity index (χ1) is 8.38. The molecule has 0 amide bonds. The molecule has 1 aromatic heterocycles. The maximum atomic E-state index is 8.76. The lowest BCUT2D eigenvalue weighted by atomic mass is 10.1. The molecule has 2 nitrogen and oxygen atoms in total. The Labute approximate surface area is 98.7 Å². The molecule has 0 fully saturated rings. The Morgan fingerprint density at radius 2 is 1.71 bits per heavy atom. The van der Waals surface area contributed by atoms with Crippen molar-refractivity contribution in [2.24, 2.45) is 0 Å². The maximum absolute atomic E-state index is 8.76. The minimum absolute atomic E-state index is 0.657. The lowest BCUT2D eigenvalue weighted by Gasteiger charge is -1.98. The first-order valence-electron chi connectivity index (χ1n) is 5.35. The van der Waals surface area contributed by atoms with E-state index in [9.17, 15) is 0 Å². The van der Waals surface area contributed by atoms with Gasteiger partial charge in [-0.1, -0.05) is 24.3 Å². The lowest BCUT2D eigenvalue weighted by molar-refractivity contribution is 0.587. The van der Waals surface area contributed by atoms with E-state index in [0.717, 1.165) is 22.1 Å². The van der Waals surface area contributed by atoms with Crippen molar-refractivity contribution >= 4 is 10.8 Å². The zero-order valence-corrected chi connectivity index (χ0v) is 9.05. The fraction of sp³-hybridized carbons (Fsp3) is 0. The van der Waals surface area contributed by atoms with Gasteiger partial charge in [0, 0.05) is 16.3 Å². The number of furan rings is 1. The Hall–Kier alpha value is -2.53. The Bertz CT molecular complexity index is 702. The molecule has 0 saturated heterocycles. The van der Waals surface area contributed by atoms with E-state index in [0.29, 0.717) is 5.56 Å². The summed E-state index contributed by atoms with van der Waals surface area (Å²) in [6.45, 7) is 0. The first-order valence-corrected chi connectivity index (χ1v) is 5.35. The van der Waals surface area contributed by atoms with E-state index >= 15 is 0 Å². The summed E-state index contributed by atoms with van der Waals surface area (Å²) in [6, 6.07) is 17.5. The van der Waals surface area contributed by atoms with Crippen LogP contribution in [-0.4, -0.2) is 0 Å². The molecule has 0 aliphatic rings. The summed E-state index contributed by atoms with van der Waals surface area (Å²) in [5.74, 6) is 0.852. The SMILES string of the molecule is N#Cc1ccc(-c2occ3ccccc23)cc1. The van der Waals surface area contributed by atoms with Crippen molar-refractivity contribution in [1.29, 1.82) is 5.26 Å². The van der Waals surface area contributed by atoms with Crippen molar-refractivity contribution in [3.05, 3.63) is 60.4 Å². The van der Waals surface area contributed by atoms with Crippen LogP contribution in [0.4, 0.5) is 0 Å². The Morgan fingerprint density at radius 1 is 0.941 bits per heavy atom. The molecule has 0 aliphatic carbocycles. The van der Waals surface area contributed by atoms with Crippen molar-refractivity contribution in [2.75, 3.05) is 0 Å². The fourth-order valence-electron chi connectivity index (χ4n) is 1.91. The standard InChI is InChI=1S/C15H9NO/c16-9-11-5-7-12(8-6-11)15-14-4-2-1-3-13(14)10-17-15/h1-8,10H. The highest BCUT2D eigenvalue weighted by atomic mass is 16.3. The predicted octanol–water partition coefficient (Wildman–Crippen LogP) is 3.97. The van der Waals surface area contributed by atoms with Crippen LogP contribution in [0.3, 0.4) is 0 Å². The Balaban J connectivity index is 2.17. The molecule has 0 saturated carbocycles. The van der Waals surface area contributed by atoms with Crippen LogP contribution in [0.2, 0.25) is 0 Å². The van der Waals surface area contributed by atoms with Crippen LogP contribution in [0.1, 0.15) is 5.56 Å². The molecule has 0 radical (unpaired) electrons. The van der Waals surface area contributed by atoms with Gasteiger partial charge in [-0.05, 0) is 24.3 Å². The Morgan fingerprint density at radius 3 is 2.47 bits per heavy atom. The van der Waals surface area contributed by atoms with Crippen LogP contribution in [0.25, 0.3) is 22.1 Å². The van der Waals surface area contributed by atoms with E-state index < -0.39 is 0 Å². The molecule has 17 heavy (non-hydrogen) atoms. The second-order valence-electron chi connectivity index (χ2n) is 3.84. The highest BCUT2D eigenvalue weighted by Crippen LogP contribution is 2.30. The van der Waals surface area contributed by atoms with Gasteiger partial charge in [0.05, 0.1) is 17.9 Å². The lowest BCUT2D eigenvalue weighted by Crippen LogP contribution is -1.77. The average Bonchev–Trinajstić information content (AvgIpc) is 2.83. The van der Waals surface area contributed by atoms with Crippen molar-refractivity contribution in [3.8, 4) is 17.4 Å². The van der Waals surface area contributed by atoms with Crippen LogP contribution >= 0.6 is 0 Å². The second kappa shape index (κ2) is 3.80. The van der Waals surface area contributed by atoms with Crippen molar-refractivity contribution < 1.29 is 4.42 Å². The van der Waals surface area contributed by atoms with E-state index in [1.807, 2.05) is 36.4 Å². The fourth-order valence-corrected chi connectivity index (χ4v) is 1.91. The highest BCUT2D eigenvalue weighted by Gasteiger charge is 2.07. The first kappa shape index (κ1) is 9.68. The summed E-state index contributed by atoms with van der Waals surface area (Å²) >= 11 is 0. The number of fused-ring (bicyclic) bond motifs is 1. The number of benzene rings is 2. The molecule has 0 aliphatic heterocycles. The maximum Gasteiger partial charge on any atom is 0.141 e. The molecule has 3 rings (SSSR count). The van der Waals surface area contributed by atoms with Gasteiger partial charge in [0.15, 0.2) is 0 Å². The minimum atomic E-state index is 0.657. The van der Waals surface area contributed by atoms with Gasteiger partial charge in [0.1, 0.15) is 5.76 Å². The van der Waals surface area contributed by atoms with Crippen LogP contribution in [0, 0.1) is 11.3 Å². The summed E-state index contributed by atoms with van der Waals surface area (Å²) < 4.78 is 5.59. The molecule has 0 unspecified atom stereocenters. The summed E-state index contributed by atoms with van der Waals surface area (Å²) in [7, 11) is 0. The van der Waals surface area contributed by atoms with Crippen LogP contribution in [0.5, 0.6) is 0 Å². The molecule has 80 valence electrons. The normalized spacial score (nSPS) is 10.3. The Kier molecular flexibility index (Phi) is 2.16. The molecule has 0 atom stereocenters. The molecule has 0 bridgehead atoms. The zero-order valence-electron chi connectivity index (χ0n) is 9.05. The predicted molar refractivity (Wildman–Crippen MR) is 66.4 cm³/mol. The van der Waals surface area contributed by atoms with E-state index in [-0.39, 0.29) is 0 Å². The van der Waals surface area contributed by atoms with Gasteiger partial charge in [-0.3, -0.25) is 0 Å². The molecule has 2 heteroatoms. The number of rotatable bonds is 1. The summed E-state index contributed by atoms with van der Waals surface area (Å²) in [4.78, 5) is 0. The minimum Gasteiger partial charge on any atom is -0.463 e. The third-order valence-electron chi connectivity index (χ3n) is 2.79. The van der Waals surface area contributed by atoms with Crippen LogP contribution in [-0.2, 0) is 0 Å². The van der Waals surface area contributed by atoms with Crippen molar-refractivity contribution in [2.45, 2.75) is 0 Å². The van der Waals surface area contributed by atoms with Crippen molar-refractivity contribution in [3.63, 3.8) is 0 Å². The van der Waals surface area contributed by atoms with Gasteiger partial charge in [0.25, 0.3) is 0 Å². The third-order valence-corrected chi connectivity index (χ3v) is 2.79. The number of nitrogens with zero attached hydrogens (tertiary/aromatic N) is 1. The number of hydrogen-bond donors (Lipinski definition) is 0. The average molecular weight is 219 g/mol. The summed E-state index contributed by atoms with van der Waals surface area (Å²) in [6.07, 6.45) is 1.75. The monoisotopic (exact) mass is 219 g/mol. The summed E-state index contributed by atoms with van der Waals surface area (Å²) in [5, 5.41) is 10.9. The van der Waals surface area contributed by atoms with E-state index in [2.05, 4.69) is 6.07 Å². The molecule has 3 aromatic rings. The smallest absolute Gasteiger partial charge is 0.141 e. The molecular weight excluding hydrogens is 210 g/mol. The van der Waals surface area contributed by atoms with Gasteiger partial charge in [-0.2, -0.15) is 5.26 Å². The molecular formula is C15H9NO. The molecule has 0 N–H and O–H groups in total. The van der Waals surface area contributed by atoms with Gasteiger partial charge in [0.2, 0.25) is 0 Å². The van der Waals surface area contributed by atoms with Crippen LogP contribution < -0.4 is 0 Å². The third kappa shape index (κ3) is 1.58. The van der Waals surface area contributed by atoms with Crippen molar-refractivity contribution in [1.82, 2.24) is 0 Å². The number of hydrogen-bond acceptors (Lipinski definition) is 2. The molecule has 0 spiro atoms. The van der Waals surface area contributed by atoms with E-state index in [1.54, 1.807) is 18.4 Å². The quantitative estimate of drug-likeness (QED) is 0.620.